The molecule has 1 aliphatic rings. The van der Waals surface area contributed by atoms with Crippen molar-refractivity contribution in [2.24, 2.45) is 0 Å². The van der Waals surface area contributed by atoms with Crippen LogP contribution < -0.4 is 0 Å². The maximum Gasteiger partial charge on any atom is 0.315 e. The number of carboxylic acids is 1. The van der Waals surface area contributed by atoms with Gasteiger partial charge < -0.3 is 5.11 Å². The van der Waals surface area contributed by atoms with Crippen LogP contribution >= 0.6 is 0 Å². The van der Waals surface area contributed by atoms with Crippen LogP contribution in [-0.2, 0) is 10.2 Å². The quantitative estimate of drug-likeness (QED) is 0.805. The van der Waals surface area contributed by atoms with Crippen molar-refractivity contribution in [3.05, 3.63) is 29.6 Å². The lowest BCUT2D eigenvalue weighted by molar-refractivity contribution is -0.143. The van der Waals surface area contributed by atoms with E-state index in [2.05, 4.69) is 4.98 Å². The molecule has 0 aliphatic heterocycles. The van der Waals surface area contributed by atoms with E-state index in [1.165, 1.54) is 0 Å². The Balaban J connectivity index is 2.41. The molecule has 1 N–H and O–H groups in total. The monoisotopic (exact) mass is 205 g/mol. The van der Waals surface area contributed by atoms with Gasteiger partial charge in [0.2, 0.25) is 0 Å². The topological polar surface area (TPSA) is 50.2 Å². The van der Waals surface area contributed by atoms with Crippen molar-refractivity contribution in [2.75, 3.05) is 0 Å². The molecule has 3 heteroatoms. The number of aliphatic carboxylic acids is 1. The van der Waals surface area contributed by atoms with Crippen LogP contribution in [0.25, 0.3) is 0 Å². The Hall–Kier alpha value is -1.38. The zero-order valence-corrected chi connectivity index (χ0v) is 8.86. The second kappa shape index (κ2) is 3.65. The first kappa shape index (κ1) is 10.1. The summed E-state index contributed by atoms with van der Waals surface area (Å²) in [4.78, 5) is 15.6. The summed E-state index contributed by atoms with van der Waals surface area (Å²) in [5.74, 6) is -0.726. The third-order valence-corrected chi connectivity index (χ3v) is 3.27. The molecule has 0 aromatic carbocycles. The fraction of sp³-hybridized carbons (Fsp3) is 0.500. The van der Waals surface area contributed by atoms with Gasteiger partial charge in [-0.2, -0.15) is 0 Å². The van der Waals surface area contributed by atoms with Gasteiger partial charge in [-0.25, -0.2) is 0 Å². The molecular weight excluding hydrogens is 190 g/mol. The van der Waals surface area contributed by atoms with Gasteiger partial charge in [-0.3, -0.25) is 9.78 Å². The molecule has 2 rings (SSSR count). The van der Waals surface area contributed by atoms with Gasteiger partial charge in [0.05, 0.1) is 5.69 Å². The van der Waals surface area contributed by atoms with Crippen LogP contribution in [0.1, 0.15) is 36.9 Å². The molecule has 80 valence electrons. The highest BCUT2D eigenvalue weighted by molar-refractivity contribution is 5.81. The van der Waals surface area contributed by atoms with E-state index in [1.807, 2.05) is 19.1 Å². The molecule has 1 saturated carbocycles. The van der Waals surface area contributed by atoms with Gasteiger partial charge in [0.1, 0.15) is 5.41 Å². The Bertz CT molecular complexity index is 364. The van der Waals surface area contributed by atoms with Gasteiger partial charge in [-0.15, -0.1) is 0 Å². The molecule has 1 heterocycles. The van der Waals surface area contributed by atoms with Crippen LogP contribution in [-0.4, -0.2) is 16.1 Å². The van der Waals surface area contributed by atoms with Crippen molar-refractivity contribution >= 4 is 5.97 Å². The average Bonchev–Trinajstić information content (AvgIpc) is 2.69. The molecule has 1 aliphatic carbocycles. The van der Waals surface area contributed by atoms with E-state index in [-0.39, 0.29) is 0 Å². The smallest absolute Gasteiger partial charge is 0.315 e. The molecular formula is C12H15NO2. The first-order valence-electron chi connectivity index (χ1n) is 5.32. The third kappa shape index (κ3) is 1.62. The zero-order valence-electron chi connectivity index (χ0n) is 8.86. The largest absolute Gasteiger partial charge is 0.481 e. The molecule has 0 unspecified atom stereocenters. The Labute approximate surface area is 89.2 Å². The molecule has 0 radical (unpaired) electrons. The van der Waals surface area contributed by atoms with E-state index in [0.717, 1.165) is 36.9 Å². The molecule has 0 bridgehead atoms. The highest BCUT2D eigenvalue weighted by atomic mass is 16.4. The van der Waals surface area contributed by atoms with Gasteiger partial charge in [0, 0.05) is 6.20 Å². The summed E-state index contributed by atoms with van der Waals surface area (Å²) in [5.41, 5.74) is 1.07. The van der Waals surface area contributed by atoms with Gasteiger partial charge in [0.15, 0.2) is 0 Å². The van der Waals surface area contributed by atoms with Crippen LogP contribution in [0.2, 0.25) is 0 Å². The molecule has 0 amide bonds. The van der Waals surface area contributed by atoms with Crippen molar-refractivity contribution in [2.45, 2.75) is 38.0 Å². The molecule has 1 aromatic rings. The SMILES string of the molecule is Cc1ccc(C2(C(=O)O)CCCC2)nc1. The number of hydrogen-bond donors (Lipinski definition) is 1. The highest BCUT2D eigenvalue weighted by Crippen LogP contribution is 2.40. The molecule has 0 atom stereocenters. The fourth-order valence-corrected chi connectivity index (χ4v) is 2.31. The number of pyridine rings is 1. The minimum atomic E-state index is -0.726. The van der Waals surface area contributed by atoms with Crippen molar-refractivity contribution in [1.29, 1.82) is 0 Å². The summed E-state index contributed by atoms with van der Waals surface area (Å²) in [6.45, 7) is 1.96. The standard InChI is InChI=1S/C12H15NO2/c1-9-4-5-10(13-8-9)12(11(14)15)6-2-3-7-12/h4-5,8H,2-3,6-7H2,1H3,(H,14,15). The first-order chi connectivity index (χ1) is 7.15. The molecule has 1 aromatic heterocycles. The lowest BCUT2D eigenvalue weighted by Gasteiger charge is -2.22. The highest BCUT2D eigenvalue weighted by Gasteiger charge is 2.43. The number of aromatic nitrogens is 1. The number of carbonyl (C=O) groups is 1. The summed E-state index contributed by atoms with van der Waals surface area (Å²) >= 11 is 0. The third-order valence-electron chi connectivity index (χ3n) is 3.27. The van der Waals surface area contributed by atoms with Crippen LogP contribution in [0.5, 0.6) is 0 Å². The lowest BCUT2D eigenvalue weighted by Crippen LogP contribution is -2.33. The van der Waals surface area contributed by atoms with E-state index in [9.17, 15) is 9.90 Å². The van der Waals surface area contributed by atoms with E-state index >= 15 is 0 Å². The molecule has 1 fully saturated rings. The Kier molecular flexibility index (Phi) is 2.47. The van der Waals surface area contributed by atoms with Crippen LogP contribution in [0.4, 0.5) is 0 Å². The Morgan fingerprint density at radius 1 is 1.40 bits per heavy atom. The minimum Gasteiger partial charge on any atom is -0.481 e. The Morgan fingerprint density at radius 2 is 2.07 bits per heavy atom. The van der Waals surface area contributed by atoms with Crippen molar-refractivity contribution in [1.82, 2.24) is 4.98 Å². The van der Waals surface area contributed by atoms with E-state index < -0.39 is 11.4 Å². The predicted octanol–water partition coefficient (Wildman–Crippen LogP) is 2.29. The normalized spacial score (nSPS) is 19.0. The van der Waals surface area contributed by atoms with Gasteiger partial charge in [0.25, 0.3) is 0 Å². The summed E-state index contributed by atoms with van der Waals surface area (Å²) < 4.78 is 0. The second-order valence-electron chi connectivity index (χ2n) is 4.32. The average molecular weight is 205 g/mol. The number of carboxylic acid groups (broad SMARTS) is 1. The lowest BCUT2D eigenvalue weighted by atomic mass is 9.82. The number of rotatable bonds is 2. The van der Waals surface area contributed by atoms with Gasteiger partial charge >= 0.3 is 5.97 Å². The summed E-state index contributed by atoms with van der Waals surface area (Å²) in [6, 6.07) is 3.79. The van der Waals surface area contributed by atoms with Crippen molar-refractivity contribution in [3.63, 3.8) is 0 Å². The van der Waals surface area contributed by atoms with Crippen molar-refractivity contribution in [3.8, 4) is 0 Å². The maximum absolute atomic E-state index is 11.4. The van der Waals surface area contributed by atoms with Crippen molar-refractivity contribution < 1.29 is 9.90 Å². The van der Waals surface area contributed by atoms with Gasteiger partial charge in [-0.05, 0) is 31.4 Å². The number of nitrogens with zero attached hydrogens (tertiary/aromatic N) is 1. The molecule has 3 nitrogen and oxygen atoms in total. The minimum absolute atomic E-state index is 0.715. The second-order valence-corrected chi connectivity index (χ2v) is 4.32. The molecule has 0 saturated heterocycles. The van der Waals surface area contributed by atoms with Crippen LogP contribution in [0, 0.1) is 6.92 Å². The number of hydrogen-bond acceptors (Lipinski definition) is 2. The van der Waals surface area contributed by atoms with E-state index in [1.54, 1.807) is 6.20 Å². The van der Waals surface area contributed by atoms with E-state index in [0.29, 0.717) is 0 Å². The zero-order chi connectivity index (χ0) is 10.9. The molecule has 0 spiro atoms. The Morgan fingerprint density at radius 3 is 2.53 bits per heavy atom. The van der Waals surface area contributed by atoms with E-state index in [4.69, 9.17) is 0 Å². The fourth-order valence-electron chi connectivity index (χ4n) is 2.31. The van der Waals surface area contributed by atoms with Crippen LogP contribution in [0.3, 0.4) is 0 Å². The maximum atomic E-state index is 11.4. The number of aryl methyl sites for hydroxylation is 1. The predicted molar refractivity (Wildman–Crippen MR) is 56.8 cm³/mol. The summed E-state index contributed by atoms with van der Waals surface area (Å²) in [5, 5.41) is 9.35. The first-order valence-corrected chi connectivity index (χ1v) is 5.32. The van der Waals surface area contributed by atoms with Crippen LogP contribution in [0.15, 0.2) is 18.3 Å². The summed E-state index contributed by atoms with van der Waals surface area (Å²) in [6.07, 6.45) is 5.17. The molecule has 15 heavy (non-hydrogen) atoms. The summed E-state index contributed by atoms with van der Waals surface area (Å²) in [7, 11) is 0. The van der Waals surface area contributed by atoms with Gasteiger partial charge in [-0.1, -0.05) is 18.9 Å².